The lowest BCUT2D eigenvalue weighted by Gasteiger charge is -2.34. The largest absolute Gasteiger partial charge is 0.352 e. The Balaban J connectivity index is 3.77. The Kier molecular flexibility index (Phi) is 16.7. The summed E-state index contributed by atoms with van der Waals surface area (Å²) in [6.45, 7) is 14.6. The van der Waals surface area contributed by atoms with Gasteiger partial charge in [-0.05, 0) is 39.0 Å². The minimum Gasteiger partial charge on any atom is -0.352 e. The standard InChI is InChI=1S/C24H48N2O/c1-6-8-9-10-11-12-13-14-15-17-21-26(5,20-7-2)22-18-16-19-25-24(27)23(3)4/h3,6-22H2,1-2,4-5H3/p+1. The van der Waals surface area contributed by atoms with Crippen LogP contribution in [0.2, 0.25) is 0 Å². The van der Waals surface area contributed by atoms with E-state index in [-0.39, 0.29) is 5.91 Å². The minimum atomic E-state index is -0.00817. The summed E-state index contributed by atoms with van der Waals surface area (Å²) in [6, 6.07) is 0. The summed E-state index contributed by atoms with van der Waals surface area (Å²) in [6.07, 6.45) is 17.6. The second-order valence-corrected chi connectivity index (χ2v) is 8.72. The van der Waals surface area contributed by atoms with Gasteiger partial charge in [0.2, 0.25) is 5.91 Å². The van der Waals surface area contributed by atoms with Crippen LogP contribution in [0.15, 0.2) is 12.2 Å². The summed E-state index contributed by atoms with van der Waals surface area (Å²) >= 11 is 0. The van der Waals surface area contributed by atoms with E-state index in [2.05, 4.69) is 32.8 Å². The molecule has 0 saturated carbocycles. The van der Waals surface area contributed by atoms with Crippen LogP contribution in [0.4, 0.5) is 0 Å². The molecule has 160 valence electrons. The number of quaternary nitrogens is 1. The number of unbranched alkanes of at least 4 members (excludes halogenated alkanes) is 10. The Morgan fingerprint density at radius 1 is 0.741 bits per heavy atom. The fourth-order valence-corrected chi connectivity index (χ4v) is 3.83. The number of hydrogen-bond donors (Lipinski definition) is 1. The molecule has 0 aliphatic heterocycles. The molecule has 0 heterocycles. The van der Waals surface area contributed by atoms with Crippen molar-refractivity contribution >= 4 is 5.91 Å². The highest BCUT2D eigenvalue weighted by atomic mass is 16.1. The molecule has 0 aromatic carbocycles. The highest BCUT2D eigenvalue weighted by Gasteiger charge is 2.19. The molecule has 0 fully saturated rings. The minimum absolute atomic E-state index is 0.00817. The molecule has 0 aromatic rings. The fourth-order valence-electron chi connectivity index (χ4n) is 3.83. The number of nitrogens with zero attached hydrogens (tertiary/aromatic N) is 1. The number of amides is 1. The van der Waals surface area contributed by atoms with E-state index < -0.39 is 0 Å². The molecule has 0 aliphatic rings. The zero-order valence-corrected chi connectivity index (χ0v) is 19.1. The van der Waals surface area contributed by atoms with Crippen molar-refractivity contribution in [2.45, 2.75) is 104 Å². The SMILES string of the molecule is C=C(C)C(=O)NCCCC[N+](C)(CCC)CCCCCCCCCCCC. The molecule has 0 rings (SSSR count). The van der Waals surface area contributed by atoms with Crippen LogP contribution in [0, 0.1) is 0 Å². The van der Waals surface area contributed by atoms with Crippen LogP contribution in [0.3, 0.4) is 0 Å². The molecule has 3 nitrogen and oxygen atoms in total. The second-order valence-electron chi connectivity index (χ2n) is 8.72. The summed E-state index contributed by atoms with van der Waals surface area (Å²) in [5.74, 6) is -0.00817. The zero-order valence-electron chi connectivity index (χ0n) is 19.1. The molecule has 0 saturated heterocycles. The maximum atomic E-state index is 11.5. The molecule has 0 spiro atoms. The number of carbonyl (C=O) groups is 1. The first kappa shape index (κ1) is 26.2. The van der Waals surface area contributed by atoms with Crippen LogP contribution >= 0.6 is 0 Å². The average molecular weight is 382 g/mol. The van der Waals surface area contributed by atoms with Crippen molar-refractivity contribution in [3.8, 4) is 0 Å². The molecule has 1 amide bonds. The van der Waals surface area contributed by atoms with Crippen molar-refractivity contribution in [1.82, 2.24) is 5.32 Å². The van der Waals surface area contributed by atoms with Crippen molar-refractivity contribution < 1.29 is 9.28 Å². The zero-order chi connectivity index (χ0) is 20.4. The third-order valence-corrected chi connectivity index (χ3v) is 5.61. The lowest BCUT2D eigenvalue weighted by Crippen LogP contribution is -2.46. The quantitative estimate of drug-likeness (QED) is 0.160. The highest BCUT2D eigenvalue weighted by molar-refractivity contribution is 5.91. The Labute approximate surface area is 170 Å². The van der Waals surface area contributed by atoms with Crippen molar-refractivity contribution in [3.63, 3.8) is 0 Å². The predicted molar refractivity (Wildman–Crippen MR) is 120 cm³/mol. The highest BCUT2D eigenvalue weighted by Crippen LogP contribution is 2.14. The second kappa shape index (κ2) is 17.3. The molecule has 0 aromatic heterocycles. The van der Waals surface area contributed by atoms with Crippen LogP contribution in [0.5, 0.6) is 0 Å². The Morgan fingerprint density at radius 2 is 1.22 bits per heavy atom. The van der Waals surface area contributed by atoms with Crippen molar-refractivity contribution in [3.05, 3.63) is 12.2 Å². The summed E-state index contributed by atoms with van der Waals surface area (Å²) in [5.41, 5.74) is 0.600. The van der Waals surface area contributed by atoms with Crippen LogP contribution in [-0.2, 0) is 4.79 Å². The van der Waals surface area contributed by atoms with E-state index in [9.17, 15) is 4.79 Å². The first-order chi connectivity index (χ1) is 12.9. The van der Waals surface area contributed by atoms with Crippen LogP contribution in [0.25, 0.3) is 0 Å². The molecule has 0 bridgehead atoms. The molecule has 0 radical (unpaired) electrons. The van der Waals surface area contributed by atoms with Gasteiger partial charge in [-0.15, -0.1) is 0 Å². The monoisotopic (exact) mass is 381 g/mol. The van der Waals surface area contributed by atoms with Gasteiger partial charge in [-0.3, -0.25) is 4.79 Å². The lowest BCUT2D eigenvalue weighted by molar-refractivity contribution is -0.910. The maximum Gasteiger partial charge on any atom is 0.246 e. The number of nitrogens with one attached hydrogen (secondary N) is 1. The molecular weight excluding hydrogens is 332 g/mol. The number of hydrogen-bond acceptors (Lipinski definition) is 1. The van der Waals surface area contributed by atoms with Crippen LogP contribution < -0.4 is 5.32 Å². The van der Waals surface area contributed by atoms with E-state index >= 15 is 0 Å². The molecule has 3 heteroatoms. The average Bonchev–Trinajstić information content (AvgIpc) is 2.63. The molecule has 0 aliphatic carbocycles. The van der Waals surface area contributed by atoms with Crippen molar-refractivity contribution in [2.24, 2.45) is 0 Å². The first-order valence-corrected chi connectivity index (χ1v) is 11.7. The van der Waals surface area contributed by atoms with Gasteiger partial charge in [-0.1, -0.05) is 71.8 Å². The topological polar surface area (TPSA) is 29.1 Å². The Bertz CT molecular complexity index is 381. The van der Waals surface area contributed by atoms with E-state index in [1.165, 1.54) is 101 Å². The van der Waals surface area contributed by atoms with E-state index in [0.717, 1.165) is 13.0 Å². The lowest BCUT2D eigenvalue weighted by atomic mass is 10.1. The van der Waals surface area contributed by atoms with Crippen molar-refractivity contribution in [2.75, 3.05) is 33.2 Å². The van der Waals surface area contributed by atoms with Gasteiger partial charge in [-0.2, -0.15) is 0 Å². The van der Waals surface area contributed by atoms with E-state index in [1.807, 2.05) is 0 Å². The van der Waals surface area contributed by atoms with Gasteiger partial charge in [0.05, 0.1) is 26.7 Å². The van der Waals surface area contributed by atoms with Gasteiger partial charge >= 0.3 is 0 Å². The molecule has 27 heavy (non-hydrogen) atoms. The third-order valence-electron chi connectivity index (χ3n) is 5.61. The van der Waals surface area contributed by atoms with Gasteiger partial charge < -0.3 is 9.80 Å². The molecule has 1 unspecified atom stereocenters. The summed E-state index contributed by atoms with van der Waals surface area (Å²) in [7, 11) is 2.42. The van der Waals surface area contributed by atoms with Gasteiger partial charge in [-0.25, -0.2) is 0 Å². The summed E-state index contributed by atoms with van der Waals surface area (Å²) in [4.78, 5) is 11.5. The maximum absolute atomic E-state index is 11.5. The van der Waals surface area contributed by atoms with Gasteiger partial charge in [0, 0.05) is 12.1 Å². The van der Waals surface area contributed by atoms with Gasteiger partial charge in [0.25, 0.3) is 0 Å². The molecule has 1 N–H and O–H groups in total. The Hall–Kier alpha value is -0.830. The molecule has 1 atom stereocenters. The number of rotatable bonds is 19. The van der Waals surface area contributed by atoms with Crippen LogP contribution in [-0.4, -0.2) is 43.6 Å². The van der Waals surface area contributed by atoms with Crippen LogP contribution in [0.1, 0.15) is 104 Å². The predicted octanol–water partition coefficient (Wildman–Crippen LogP) is 6.24. The van der Waals surface area contributed by atoms with E-state index in [4.69, 9.17) is 0 Å². The smallest absolute Gasteiger partial charge is 0.246 e. The molecular formula is C24H49N2O+. The Morgan fingerprint density at radius 3 is 1.70 bits per heavy atom. The first-order valence-electron chi connectivity index (χ1n) is 11.7. The fraction of sp³-hybridized carbons (Fsp3) is 0.875. The third kappa shape index (κ3) is 15.9. The van der Waals surface area contributed by atoms with Gasteiger partial charge in [0.1, 0.15) is 0 Å². The van der Waals surface area contributed by atoms with Crippen molar-refractivity contribution in [1.29, 1.82) is 0 Å². The summed E-state index contributed by atoms with van der Waals surface area (Å²) in [5, 5.41) is 2.94. The van der Waals surface area contributed by atoms with Gasteiger partial charge in [0.15, 0.2) is 0 Å². The normalized spacial score (nSPS) is 13.3. The summed E-state index contributed by atoms with van der Waals surface area (Å²) < 4.78 is 1.20. The number of carbonyl (C=O) groups excluding carboxylic acids is 1. The van der Waals surface area contributed by atoms with E-state index in [1.54, 1.807) is 6.92 Å². The van der Waals surface area contributed by atoms with E-state index in [0.29, 0.717) is 5.57 Å².